The zero-order valence-corrected chi connectivity index (χ0v) is 18.6. The van der Waals surface area contributed by atoms with Crippen molar-refractivity contribution in [2.45, 2.75) is 57.0 Å². The normalized spacial score (nSPS) is 18.5. The minimum absolute atomic E-state index is 0.0425. The van der Waals surface area contributed by atoms with Gasteiger partial charge >= 0.3 is 5.97 Å². The minimum Gasteiger partial charge on any atom is -0.481 e. The first kappa shape index (κ1) is 24.0. The molecule has 3 heterocycles. The third-order valence-electron chi connectivity index (χ3n) is 6.47. The van der Waals surface area contributed by atoms with E-state index in [1.807, 2.05) is 17.0 Å². The van der Waals surface area contributed by atoms with E-state index in [0.29, 0.717) is 38.8 Å². The molecule has 2 amide bonds. The molecule has 0 spiro atoms. The predicted molar refractivity (Wildman–Crippen MR) is 119 cm³/mol. The van der Waals surface area contributed by atoms with Gasteiger partial charge < -0.3 is 24.9 Å². The van der Waals surface area contributed by atoms with Crippen LogP contribution in [0.3, 0.4) is 0 Å². The topological polar surface area (TPSA) is 114 Å². The van der Waals surface area contributed by atoms with E-state index in [9.17, 15) is 19.5 Å². The first-order valence-corrected chi connectivity index (χ1v) is 11.5. The first-order chi connectivity index (χ1) is 15.4. The Morgan fingerprint density at radius 1 is 0.844 bits per heavy atom. The van der Waals surface area contributed by atoms with E-state index in [1.165, 1.54) is 0 Å². The number of anilines is 1. The number of carboxylic acids is 1. The van der Waals surface area contributed by atoms with Crippen molar-refractivity contribution in [1.82, 2.24) is 14.8 Å². The SMILES string of the molecule is O=C(O)CC1(O)CCN(C(=O)CCCCCC(=O)N2CCN(c3ccncc3)CC2)CC1. The van der Waals surface area contributed by atoms with Gasteiger partial charge in [-0.1, -0.05) is 6.42 Å². The first-order valence-electron chi connectivity index (χ1n) is 11.5. The zero-order chi connectivity index (χ0) is 23.0. The average Bonchev–Trinajstić information content (AvgIpc) is 2.79. The number of carbonyl (C=O) groups excluding carboxylic acids is 2. The molecule has 0 bridgehead atoms. The Bertz CT molecular complexity index is 772. The smallest absolute Gasteiger partial charge is 0.306 e. The molecule has 0 aliphatic carbocycles. The van der Waals surface area contributed by atoms with Crippen LogP contribution in [0.5, 0.6) is 0 Å². The van der Waals surface area contributed by atoms with E-state index >= 15 is 0 Å². The lowest BCUT2D eigenvalue weighted by Crippen LogP contribution is -2.48. The zero-order valence-electron chi connectivity index (χ0n) is 18.6. The second-order valence-corrected chi connectivity index (χ2v) is 8.81. The Balaban J connectivity index is 1.26. The van der Waals surface area contributed by atoms with E-state index in [1.54, 1.807) is 17.3 Å². The number of aliphatic hydroxyl groups is 1. The molecular weight excluding hydrogens is 412 g/mol. The second kappa shape index (κ2) is 11.3. The van der Waals surface area contributed by atoms with Crippen molar-refractivity contribution in [1.29, 1.82) is 0 Å². The van der Waals surface area contributed by atoms with Crippen LogP contribution in [-0.4, -0.2) is 87.7 Å². The summed E-state index contributed by atoms with van der Waals surface area (Å²) >= 11 is 0. The highest BCUT2D eigenvalue weighted by molar-refractivity contribution is 5.77. The second-order valence-electron chi connectivity index (χ2n) is 8.81. The Morgan fingerprint density at radius 3 is 1.91 bits per heavy atom. The molecule has 2 aliphatic rings. The summed E-state index contributed by atoms with van der Waals surface area (Å²) in [5, 5.41) is 19.1. The molecule has 2 aliphatic heterocycles. The van der Waals surface area contributed by atoms with Gasteiger partial charge in [-0.3, -0.25) is 19.4 Å². The molecule has 1 aromatic rings. The van der Waals surface area contributed by atoms with Gasteiger partial charge in [0.15, 0.2) is 0 Å². The van der Waals surface area contributed by atoms with E-state index in [-0.39, 0.29) is 18.2 Å². The summed E-state index contributed by atoms with van der Waals surface area (Å²) < 4.78 is 0. The maximum Gasteiger partial charge on any atom is 0.306 e. The molecule has 0 unspecified atom stereocenters. The lowest BCUT2D eigenvalue weighted by Gasteiger charge is -2.37. The molecule has 2 saturated heterocycles. The van der Waals surface area contributed by atoms with Crippen molar-refractivity contribution < 1.29 is 24.6 Å². The van der Waals surface area contributed by atoms with Gasteiger partial charge in [0.25, 0.3) is 0 Å². The van der Waals surface area contributed by atoms with Crippen LogP contribution in [0, 0.1) is 0 Å². The maximum atomic E-state index is 12.5. The number of piperazine rings is 1. The van der Waals surface area contributed by atoms with E-state index in [4.69, 9.17) is 5.11 Å². The van der Waals surface area contributed by atoms with Gasteiger partial charge in [-0.2, -0.15) is 0 Å². The summed E-state index contributed by atoms with van der Waals surface area (Å²) in [4.78, 5) is 45.6. The highest BCUT2D eigenvalue weighted by atomic mass is 16.4. The molecule has 0 saturated carbocycles. The van der Waals surface area contributed by atoms with Gasteiger partial charge in [-0.05, 0) is 37.8 Å². The van der Waals surface area contributed by atoms with Gasteiger partial charge in [-0.25, -0.2) is 0 Å². The highest BCUT2D eigenvalue weighted by Gasteiger charge is 2.35. The third-order valence-corrected chi connectivity index (χ3v) is 6.47. The average molecular weight is 447 g/mol. The Labute approximate surface area is 189 Å². The van der Waals surface area contributed by atoms with E-state index in [0.717, 1.165) is 51.1 Å². The predicted octanol–water partition coefficient (Wildman–Crippen LogP) is 1.51. The number of hydrogen-bond donors (Lipinski definition) is 2. The van der Waals surface area contributed by atoms with Crippen LogP contribution in [0.4, 0.5) is 5.69 Å². The van der Waals surface area contributed by atoms with Crippen LogP contribution < -0.4 is 4.90 Å². The van der Waals surface area contributed by atoms with E-state index in [2.05, 4.69) is 9.88 Å². The number of hydrogen-bond acceptors (Lipinski definition) is 6. The number of unbranched alkanes of at least 4 members (excludes halogenated alkanes) is 2. The lowest BCUT2D eigenvalue weighted by molar-refractivity contribution is -0.146. The fourth-order valence-electron chi connectivity index (χ4n) is 4.44. The highest BCUT2D eigenvalue weighted by Crippen LogP contribution is 2.26. The number of aliphatic carboxylic acids is 1. The summed E-state index contributed by atoms with van der Waals surface area (Å²) in [6, 6.07) is 3.97. The summed E-state index contributed by atoms with van der Waals surface area (Å²) in [5.74, 6) is -0.794. The fourth-order valence-corrected chi connectivity index (χ4v) is 4.44. The molecule has 1 aromatic heterocycles. The maximum absolute atomic E-state index is 12.5. The van der Waals surface area contributed by atoms with Gasteiger partial charge in [-0.15, -0.1) is 0 Å². The minimum atomic E-state index is -1.20. The molecule has 0 radical (unpaired) electrons. The van der Waals surface area contributed by atoms with Crippen LogP contribution in [0.2, 0.25) is 0 Å². The number of amides is 2. The fraction of sp³-hybridized carbons (Fsp3) is 0.652. The van der Waals surface area contributed by atoms with Gasteiger partial charge in [0.05, 0.1) is 12.0 Å². The largest absolute Gasteiger partial charge is 0.481 e. The molecule has 176 valence electrons. The number of likely N-dealkylation sites (tertiary alicyclic amines) is 1. The third kappa shape index (κ3) is 6.91. The van der Waals surface area contributed by atoms with Crippen LogP contribution in [0.15, 0.2) is 24.5 Å². The van der Waals surface area contributed by atoms with Crippen LogP contribution >= 0.6 is 0 Å². The van der Waals surface area contributed by atoms with Crippen molar-refractivity contribution >= 4 is 23.5 Å². The van der Waals surface area contributed by atoms with Crippen LogP contribution in [0.1, 0.15) is 51.4 Å². The molecule has 0 aromatic carbocycles. The molecule has 0 atom stereocenters. The molecule has 32 heavy (non-hydrogen) atoms. The number of carbonyl (C=O) groups is 3. The Hall–Kier alpha value is -2.68. The van der Waals surface area contributed by atoms with Crippen molar-refractivity contribution in [2.24, 2.45) is 0 Å². The molecule has 3 rings (SSSR count). The molecule has 2 N–H and O–H groups in total. The van der Waals surface area contributed by atoms with Gasteiger partial charge in [0, 0.05) is 70.2 Å². The summed E-state index contributed by atoms with van der Waals surface area (Å²) in [7, 11) is 0. The molecule has 9 nitrogen and oxygen atoms in total. The van der Waals surface area contributed by atoms with Crippen molar-refractivity contribution in [2.75, 3.05) is 44.2 Å². The number of nitrogens with zero attached hydrogens (tertiary/aromatic N) is 4. The molecule has 2 fully saturated rings. The quantitative estimate of drug-likeness (QED) is 0.553. The number of piperidine rings is 1. The van der Waals surface area contributed by atoms with Gasteiger partial charge in [0.2, 0.25) is 11.8 Å². The van der Waals surface area contributed by atoms with Crippen LogP contribution in [-0.2, 0) is 14.4 Å². The number of rotatable bonds is 9. The van der Waals surface area contributed by atoms with Crippen molar-refractivity contribution in [3.05, 3.63) is 24.5 Å². The van der Waals surface area contributed by atoms with Crippen molar-refractivity contribution in [3.8, 4) is 0 Å². The molecule has 9 heteroatoms. The monoisotopic (exact) mass is 446 g/mol. The summed E-state index contributed by atoms with van der Waals surface area (Å²) in [6.45, 7) is 3.88. The Kier molecular flexibility index (Phi) is 8.44. The van der Waals surface area contributed by atoms with E-state index < -0.39 is 11.6 Å². The lowest BCUT2D eigenvalue weighted by atomic mass is 9.88. The van der Waals surface area contributed by atoms with Gasteiger partial charge in [0.1, 0.15) is 0 Å². The summed E-state index contributed by atoms with van der Waals surface area (Å²) in [6.07, 6.45) is 7.15. The number of aromatic nitrogens is 1. The standard InChI is InChI=1S/C23H34N4O5/c28-20(26-12-8-23(32,9-13-26)18-22(30)31)4-2-1-3-5-21(29)27-16-14-25(15-17-27)19-6-10-24-11-7-19/h6-7,10-11,32H,1-5,8-9,12-18H2,(H,30,31). The molecular formula is C23H34N4O5. The number of carboxylic acid groups (broad SMARTS) is 1. The number of pyridine rings is 1. The van der Waals surface area contributed by atoms with Crippen molar-refractivity contribution in [3.63, 3.8) is 0 Å². The van der Waals surface area contributed by atoms with Crippen LogP contribution in [0.25, 0.3) is 0 Å². The summed E-state index contributed by atoms with van der Waals surface area (Å²) in [5.41, 5.74) is -0.0655. The Morgan fingerprint density at radius 2 is 1.38 bits per heavy atom.